The zero-order chi connectivity index (χ0) is 11.5. The highest BCUT2D eigenvalue weighted by atomic mass is 16.3. The second-order valence-electron chi connectivity index (χ2n) is 5.20. The van der Waals surface area contributed by atoms with Gasteiger partial charge in [0.25, 0.3) is 0 Å². The van der Waals surface area contributed by atoms with Crippen molar-refractivity contribution in [3.8, 4) is 0 Å². The summed E-state index contributed by atoms with van der Waals surface area (Å²) in [4.78, 5) is 8.29. The Morgan fingerprint density at radius 3 is 2.40 bits per heavy atom. The van der Waals surface area contributed by atoms with Gasteiger partial charge in [0.1, 0.15) is 0 Å². The summed E-state index contributed by atoms with van der Waals surface area (Å²) in [5.41, 5.74) is 1.80. The first-order valence-electron chi connectivity index (χ1n) is 5.35. The predicted octanol–water partition coefficient (Wildman–Crippen LogP) is 2.64. The van der Waals surface area contributed by atoms with Crippen LogP contribution in [0, 0.1) is 12.3 Å². The molecule has 0 aliphatic carbocycles. The van der Waals surface area contributed by atoms with Gasteiger partial charge in [-0.25, -0.2) is 0 Å². The monoisotopic (exact) mass is 208 g/mol. The highest BCUT2D eigenvalue weighted by Gasteiger charge is 2.15. The minimum Gasteiger partial charge on any atom is -0.387 e. The van der Waals surface area contributed by atoms with Crippen molar-refractivity contribution in [1.82, 2.24) is 9.97 Å². The molecule has 1 aromatic heterocycles. The fourth-order valence-corrected chi connectivity index (χ4v) is 1.29. The summed E-state index contributed by atoms with van der Waals surface area (Å²) in [6.45, 7) is 8.39. The average Bonchev–Trinajstić information content (AvgIpc) is 2.14. The lowest BCUT2D eigenvalue weighted by atomic mass is 9.89. The van der Waals surface area contributed by atoms with Gasteiger partial charge in [-0.1, -0.05) is 20.8 Å². The number of aliphatic hydroxyl groups is 1. The number of hydrogen-bond donors (Lipinski definition) is 1. The van der Waals surface area contributed by atoms with E-state index in [-0.39, 0.29) is 5.41 Å². The first-order valence-corrected chi connectivity index (χ1v) is 5.35. The average molecular weight is 208 g/mol. The molecule has 0 amide bonds. The van der Waals surface area contributed by atoms with Gasteiger partial charge in [-0.15, -0.1) is 0 Å². The van der Waals surface area contributed by atoms with Gasteiger partial charge >= 0.3 is 0 Å². The molecule has 1 rings (SSSR count). The van der Waals surface area contributed by atoms with Gasteiger partial charge in [0.05, 0.1) is 23.7 Å². The van der Waals surface area contributed by atoms with Crippen LogP contribution in [0.1, 0.15) is 51.1 Å². The molecule has 3 nitrogen and oxygen atoms in total. The van der Waals surface area contributed by atoms with Gasteiger partial charge in [0.2, 0.25) is 0 Å². The van der Waals surface area contributed by atoms with Crippen molar-refractivity contribution in [3.05, 3.63) is 23.8 Å². The molecule has 0 fully saturated rings. The molecule has 0 bridgehead atoms. The number of aryl methyl sites for hydroxylation is 1. The molecule has 1 aromatic rings. The van der Waals surface area contributed by atoms with Gasteiger partial charge in [-0.05, 0) is 25.2 Å². The lowest BCUT2D eigenvalue weighted by Crippen LogP contribution is -2.09. The van der Waals surface area contributed by atoms with Crippen LogP contribution in [-0.4, -0.2) is 15.1 Å². The minimum atomic E-state index is -0.489. The minimum absolute atomic E-state index is 0.249. The maximum atomic E-state index is 9.87. The highest BCUT2D eigenvalue weighted by molar-refractivity contribution is 5.03. The second kappa shape index (κ2) is 4.71. The molecule has 1 heterocycles. The Balaban J connectivity index is 2.54. The normalized spacial score (nSPS) is 13.9. The summed E-state index contributed by atoms with van der Waals surface area (Å²) in [5, 5.41) is 9.87. The van der Waals surface area contributed by atoms with Gasteiger partial charge in [0, 0.05) is 6.20 Å². The Hall–Kier alpha value is -0.960. The first-order chi connectivity index (χ1) is 6.88. The SMILES string of the molecule is Cc1cnc(C(O)CCC(C)(C)C)cn1. The molecule has 1 atom stereocenters. The van der Waals surface area contributed by atoms with Crippen molar-refractivity contribution in [2.24, 2.45) is 5.41 Å². The fourth-order valence-electron chi connectivity index (χ4n) is 1.29. The highest BCUT2D eigenvalue weighted by Crippen LogP contribution is 2.26. The number of aromatic nitrogens is 2. The van der Waals surface area contributed by atoms with Gasteiger partial charge in [0.15, 0.2) is 0 Å². The molecule has 0 aromatic carbocycles. The smallest absolute Gasteiger partial charge is 0.0975 e. The molecule has 15 heavy (non-hydrogen) atoms. The van der Waals surface area contributed by atoms with E-state index in [0.717, 1.165) is 18.5 Å². The van der Waals surface area contributed by atoms with Crippen molar-refractivity contribution in [2.45, 2.75) is 46.6 Å². The van der Waals surface area contributed by atoms with Crippen LogP contribution in [0.3, 0.4) is 0 Å². The summed E-state index contributed by atoms with van der Waals surface area (Å²) in [5.74, 6) is 0. The second-order valence-corrected chi connectivity index (χ2v) is 5.20. The van der Waals surface area contributed by atoms with Gasteiger partial charge in [-0.3, -0.25) is 9.97 Å². The van der Waals surface area contributed by atoms with E-state index in [1.807, 2.05) is 6.92 Å². The molecular formula is C12H20N2O. The van der Waals surface area contributed by atoms with E-state index in [4.69, 9.17) is 0 Å². The summed E-state index contributed by atoms with van der Waals surface area (Å²) in [6.07, 6.45) is 4.57. The molecule has 1 N–H and O–H groups in total. The van der Waals surface area contributed by atoms with Crippen molar-refractivity contribution in [3.63, 3.8) is 0 Å². The number of hydrogen-bond acceptors (Lipinski definition) is 3. The van der Waals surface area contributed by atoms with E-state index < -0.39 is 6.10 Å². The zero-order valence-electron chi connectivity index (χ0n) is 9.99. The van der Waals surface area contributed by atoms with Crippen molar-refractivity contribution < 1.29 is 5.11 Å². The van der Waals surface area contributed by atoms with Crippen LogP contribution in [0.4, 0.5) is 0 Å². The molecule has 1 unspecified atom stereocenters. The van der Waals surface area contributed by atoms with E-state index in [2.05, 4.69) is 30.7 Å². The molecule has 0 saturated heterocycles. The molecule has 0 saturated carbocycles. The lowest BCUT2D eigenvalue weighted by Gasteiger charge is -2.19. The van der Waals surface area contributed by atoms with E-state index in [1.165, 1.54) is 0 Å². The van der Waals surface area contributed by atoms with Crippen LogP contribution in [0.5, 0.6) is 0 Å². The zero-order valence-corrected chi connectivity index (χ0v) is 9.99. The van der Waals surface area contributed by atoms with Crippen LogP contribution < -0.4 is 0 Å². The number of nitrogens with zero attached hydrogens (tertiary/aromatic N) is 2. The summed E-state index contributed by atoms with van der Waals surface area (Å²) in [7, 11) is 0. The molecular weight excluding hydrogens is 188 g/mol. The Labute approximate surface area is 91.6 Å². The van der Waals surface area contributed by atoms with Gasteiger partial charge in [-0.2, -0.15) is 0 Å². The standard InChI is InChI=1S/C12H20N2O/c1-9-7-14-10(8-13-9)11(15)5-6-12(2,3)4/h7-8,11,15H,5-6H2,1-4H3. The quantitative estimate of drug-likeness (QED) is 0.830. The van der Waals surface area contributed by atoms with E-state index in [0.29, 0.717) is 5.69 Å². The Kier molecular flexibility index (Phi) is 3.80. The van der Waals surface area contributed by atoms with Crippen molar-refractivity contribution >= 4 is 0 Å². The maximum absolute atomic E-state index is 9.87. The number of rotatable bonds is 3. The van der Waals surface area contributed by atoms with Crippen molar-refractivity contribution in [2.75, 3.05) is 0 Å². The third-order valence-electron chi connectivity index (χ3n) is 2.31. The van der Waals surface area contributed by atoms with Crippen LogP contribution in [-0.2, 0) is 0 Å². The first kappa shape index (κ1) is 12.1. The summed E-state index contributed by atoms with van der Waals surface area (Å²) in [6, 6.07) is 0. The van der Waals surface area contributed by atoms with Crippen LogP contribution in [0.2, 0.25) is 0 Å². The van der Waals surface area contributed by atoms with E-state index >= 15 is 0 Å². The molecule has 0 aliphatic heterocycles. The number of aliphatic hydroxyl groups excluding tert-OH is 1. The third-order valence-corrected chi connectivity index (χ3v) is 2.31. The fraction of sp³-hybridized carbons (Fsp3) is 0.667. The lowest BCUT2D eigenvalue weighted by molar-refractivity contribution is 0.143. The summed E-state index contributed by atoms with van der Waals surface area (Å²) < 4.78 is 0. The van der Waals surface area contributed by atoms with E-state index in [9.17, 15) is 5.11 Å². The summed E-state index contributed by atoms with van der Waals surface area (Å²) >= 11 is 0. The Bertz CT molecular complexity index is 300. The Morgan fingerprint density at radius 1 is 1.27 bits per heavy atom. The van der Waals surface area contributed by atoms with Gasteiger partial charge < -0.3 is 5.11 Å². The molecule has 0 aliphatic rings. The Morgan fingerprint density at radius 2 is 1.93 bits per heavy atom. The van der Waals surface area contributed by atoms with Crippen LogP contribution >= 0.6 is 0 Å². The maximum Gasteiger partial charge on any atom is 0.0975 e. The molecule has 3 heteroatoms. The largest absolute Gasteiger partial charge is 0.387 e. The van der Waals surface area contributed by atoms with E-state index in [1.54, 1.807) is 12.4 Å². The molecule has 84 valence electrons. The topological polar surface area (TPSA) is 46.0 Å². The third kappa shape index (κ3) is 4.38. The predicted molar refractivity (Wildman–Crippen MR) is 60.4 cm³/mol. The van der Waals surface area contributed by atoms with Crippen LogP contribution in [0.25, 0.3) is 0 Å². The molecule has 0 spiro atoms. The van der Waals surface area contributed by atoms with Crippen molar-refractivity contribution in [1.29, 1.82) is 0 Å². The molecule has 0 radical (unpaired) electrons. The van der Waals surface area contributed by atoms with Crippen LogP contribution in [0.15, 0.2) is 12.4 Å².